The number of carbonyl (C=O) groups excluding carboxylic acids is 1. The Morgan fingerprint density at radius 1 is 1.03 bits per heavy atom. The Bertz CT molecular complexity index is 1250. The van der Waals surface area contributed by atoms with Crippen LogP contribution in [0.25, 0.3) is 11.0 Å². The lowest BCUT2D eigenvalue weighted by Gasteiger charge is -2.17. The van der Waals surface area contributed by atoms with Crippen molar-refractivity contribution in [3.05, 3.63) is 106 Å². The highest BCUT2D eigenvalue weighted by molar-refractivity contribution is 6.01. The normalized spacial score (nSPS) is 11.9. The van der Waals surface area contributed by atoms with Crippen LogP contribution < -0.4 is 10.9 Å². The Balaban J connectivity index is 1.80. The maximum atomic E-state index is 13.3. The molecule has 4 rings (SSSR count). The second-order valence-electron chi connectivity index (χ2n) is 7.08. The fourth-order valence-electron chi connectivity index (χ4n) is 3.48. The number of hydrogen-bond acceptors (Lipinski definition) is 4. The summed E-state index contributed by atoms with van der Waals surface area (Å²) in [5.41, 5.74) is 1.25. The topological polar surface area (TPSA) is 84.2 Å². The number of nitrogens with zero attached hydrogens (tertiary/aromatic N) is 2. The fourth-order valence-corrected chi connectivity index (χ4v) is 3.48. The van der Waals surface area contributed by atoms with Crippen LogP contribution in [-0.2, 0) is 6.54 Å². The lowest BCUT2D eigenvalue weighted by atomic mass is 10.1. The summed E-state index contributed by atoms with van der Waals surface area (Å²) in [5, 5.41) is 13.9. The van der Waals surface area contributed by atoms with E-state index in [1.165, 1.54) is 4.57 Å². The zero-order chi connectivity index (χ0) is 21.1. The number of aromatic hydroxyl groups is 1. The first-order valence-corrected chi connectivity index (χ1v) is 9.66. The molecule has 0 aliphatic heterocycles. The first kappa shape index (κ1) is 19.4. The van der Waals surface area contributed by atoms with Gasteiger partial charge < -0.3 is 10.4 Å². The van der Waals surface area contributed by atoms with E-state index in [9.17, 15) is 14.7 Å². The summed E-state index contributed by atoms with van der Waals surface area (Å²) >= 11 is 0. The van der Waals surface area contributed by atoms with E-state index >= 15 is 0 Å². The molecule has 0 aliphatic carbocycles. The van der Waals surface area contributed by atoms with E-state index < -0.39 is 11.5 Å². The highest BCUT2D eigenvalue weighted by Gasteiger charge is 2.24. The molecule has 0 bridgehead atoms. The van der Waals surface area contributed by atoms with Gasteiger partial charge >= 0.3 is 0 Å². The molecule has 0 fully saturated rings. The molecule has 2 aromatic carbocycles. The van der Waals surface area contributed by atoms with Crippen molar-refractivity contribution in [2.24, 2.45) is 0 Å². The molecular formula is C24H21N3O3. The van der Waals surface area contributed by atoms with Gasteiger partial charge in [0.05, 0.1) is 18.0 Å². The number of nitrogens with one attached hydrogen (secondary N) is 1. The van der Waals surface area contributed by atoms with Gasteiger partial charge in [-0.2, -0.15) is 0 Å². The number of fused-ring (bicyclic) bond motifs is 1. The molecule has 2 heterocycles. The molecule has 1 amide bonds. The third kappa shape index (κ3) is 3.67. The molecule has 150 valence electrons. The number of hydrogen-bond donors (Lipinski definition) is 2. The summed E-state index contributed by atoms with van der Waals surface area (Å²) in [6, 6.07) is 21.9. The van der Waals surface area contributed by atoms with E-state index in [1.54, 1.807) is 18.3 Å². The molecule has 6 heteroatoms. The van der Waals surface area contributed by atoms with Crippen LogP contribution in [0.1, 0.15) is 34.5 Å². The summed E-state index contributed by atoms with van der Waals surface area (Å²) in [7, 11) is 0. The molecule has 4 aromatic rings. The Morgan fingerprint density at radius 3 is 2.40 bits per heavy atom. The van der Waals surface area contributed by atoms with Gasteiger partial charge in [0.2, 0.25) is 0 Å². The van der Waals surface area contributed by atoms with Crippen molar-refractivity contribution in [1.82, 2.24) is 14.9 Å². The van der Waals surface area contributed by atoms with Gasteiger partial charge in [0.1, 0.15) is 17.0 Å². The van der Waals surface area contributed by atoms with Crippen LogP contribution in [0, 0.1) is 0 Å². The minimum absolute atomic E-state index is 0.238. The number of benzene rings is 2. The smallest absolute Gasteiger partial charge is 0.269 e. The predicted octanol–water partition coefficient (Wildman–Crippen LogP) is 3.64. The fraction of sp³-hybridized carbons (Fsp3) is 0.125. The largest absolute Gasteiger partial charge is 0.506 e. The molecule has 2 aromatic heterocycles. The second kappa shape index (κ2) is 8.21. The van der Waals surface area contributed by atoms with Crippen LogP contribution in [0.3, 0.4) is 0 Å². The van der Waals surface area contributed by atoms with Crippen molar-refractivity contribution in [2.75, 3.05) is 0 Å². The molecule has 0 saturated carbocycles. The minimum Gasteiger partial charge on any atom is -0.506 e. The van der Waals surface area contributed by atoms with Crippen molar-refractivity contribution in [3.63, 3.8) is 0 Å². The molecule has 0 aliphatic rings. The van der Waals surface area contributed by atoms with E-state index in [2.05, 4.69) is 10.3 Å². The van der Waals surface area contributed by atoms with Crippen LogP contribution in [0.4, 0.5) is 0 Å². The van der Waals surface area contributed by atoms with Gasteiger partial charge in [0.15, 0.2) is 0 Å². The minimum atomic E-state index is -0.624. The zero-order valence-electron chi connectivity index (χ0n) is 16.4. The quantitative estimate of drug-likeness (QED) is 0.537. The Morgan fingerprint density at radius 2 is 1.70 bits per heavy atom. The average Bonchev–Trinajstić information content (AvgIpc) is 2.78. The summed E-state index contributed by atoms with van der Waals surface area (Å²) in [5.74, 6) is -0.980. The van der Waals surface area contributed by atoms with Crippen molar-refractivity contribution >= 4 is 16.9 Å². The van der Waals surface area contributed by atoms with Gasteiger partial charge in [-0.05, 0) is 30.2 Å². The van der Waals surface area contributed by atoms with Crippen molar-refractivity contribution in [3.8, 4) is 5.75 Å². The maximum absolute atomic E-state index is 13.3. The van der Waals surface area contributed by atoms with Crippen molar-refractivity contribution in [1.29, 1.82) is 0 Å². The number of rotatable bonds is 5. The van der Waals surface area contributed by atoms with Gasteiger partial charge in [-0.25, -0.2) is 4.98 Å². The van der Waals surface area contributed by atoms with Gasteiger partial charge in [0, 0.05) is 6.20 Å². The third-order valence-electron chi connectivity index (χ3n) is 5.05. The SMILES string of the molecule is C[C@@H](NC(=O)c1c(O)c2cccnc2n(Cc2ccccc2)c1=O)c1ccccc1. The highest BCUT2D eigenvalue weighted by Crippen LogP contribution is 2.26. The Hall–Kier alpha value is -3.93. The molecular weight excluding hydrogens is 378 g/mol. The lowest BCUT2D eigenvalue weighted by Crippen LogP contribution is -2.35. The van der Waals surface area contributed by atoms with Crippen molar-refractivity contribution in [2.45, 2.75) is 19.5 Å². The molecule has 0 unspecified atom stereocenters. The number of amides is 1. The summed E-state index contributed by atoms with van der Waals surface area (Å²) in [6.07, 6.45) is 1.56. The van der Waals surface area contributed by atoms with Crippen LogP contribution in [0.2, 0.25) is 0 Å². The van der Waals surface area contributed by atoms with Crippen LogP contribution in [0.5, 0.6) is 5.75 Å². The van der Waals surface area contributed by atoms with Gasteiger partial charge in [-0.3, -0.25) is 14.2 Å². The van der Waals surface area contributed by atoms with Crippen LogP contribution in [-0.4, -0.2) is 20.6 Å². The molecule has 6 nitrogen and oxygen atoms in total. The number of pyridine rings is 2. The standard InChI is InChI=1S/C24H21N3O3/c1-16(18-11-6-3-7-12-18)26-23(29)20-21(28)19-13-8-14-25-22(19)27(24(20)30)15-17-9-4-2-5-10-17/h2-14,16,28H,15H2,1H3,(H,26,29)/t16-/m1/s1. The first-order chi connectivity index (χ1) is 14.6. The lowest BCUT2D eigenvalue weighted by molar-refractivity contribution is 0.0935. The monoisotopic (exact) mass is 399 g/mol. The molecule has 30 heavy (non-hydrogen) atoms. The summed E-state index contributed by atoms with van der Waals surface area (Å²) < 4.78 is 1.42. The van der Waals surface area contributed by atoms with Gasteiger partial charge in [-0.15, -0.1) is 0 Å². The first-order valence-electron chi connectivity index (χ1n) is 9.66. The second-order valence-corrected chi connectivity index (χ2v) is 7.08. The predicted molar refractivity (Wildman–Crippen MR) is 116 cm³/mol. The molecule has 2 N–H and O–H groups in total. The van der Waals surface area contributed by atoms with E-state index in [0.29, 0.717) is 11.0 Å². The van der Waals surface area contributed by atoms with E-state index in [1.807, 2.05) is 67.6 Å². The van der Waals surface area contributed by atoms with E-state index in [-0.39, 0.29) is 23.9 Å². The van der Waals surface area contributed by atoms with Crippen LogP contribution >= 0.6 is 0 Å². The van der Waals surface area contributed by atoms with Crippen LogP contribution in [0.15, 0.2) is 83.8 Å². The van der Waals surface area contributed by atoms with Crippen molar-refractivity contribution < 1.29 is 9.90 Å². The highest BCUT2D eigenvalue weighted by atomic mass is 16.3. The van der Waals surface area contributed by atoms with E-state index in [4.69, 9.17) is 0 Å². The summed E-state index contributed by atoms with van der Waals surface area (Å²) in [6.45, 7) is 2.07. The number of aromatic nitrogens is 2. The third-order valence-corrected chi connectivity index (χ3v) is 5.05. The van der Waals surface area contributed by atoms with Gasteiger partial charge in [0.25, 0.3) is 11.5 Å². The molecule has 1 atom stereocenters. The van der Waals surface area contributed by atoms with Gasteiger partial charge in [-0.1, -0.05) is 60.7 Å². The number of carbonyl (C=O) groups is 1. The average molecular weight is 399 g/mol. The zero-order valence-corrected chi connectivity index (χ0v) is 16.4. The maximum Gasteiger partial charge on any atom is 0.269 e. The molecule has 0 saturated heterocycles. The molecule has 0 radical (unpaired) electrons. The Kier molecular flexibility index (Phi) is 5.30. The molecule has 0 spiro atoms. The Labute approximate surface area is 173 Å². The summed E-state index contributed by atoms with van der Waals surface area (Å²) in [4.78, 5) is 30.6. The van der Waals surface area contributed by atoms with E-state index in [0.717, 1.165) is 11.1 Å².